The van der Waals surface area contributed by atoms with Crippen LogP contribution >= 0.6 is 0 Å². The van der Waals surface area contributed by atoms with Crippen LogP contribution in [0.4, 0.5) is 0 Å². The molecule has 2 N–H and O–H groups in total. The Hall–Kier alpha value is -1.91. The van der Waals surface area contributed by atoms with Gasteiger partial charge in [-0.2, -0.15) is 0 Å². The van der Waals surface area contributed by atoms with Crippen LogP contribution in [0, 0.1) is 0 Å². The van der Waals surface area contributed by atoms with E-state index in [1.165, 1.54) is 12.3 Å². The maximum absolute atomic E-state index is 12.0. The van der Waals surface area contributed by atoms with E-state index in [-0.39, 0.29) is 11.6 Å². The number of hydrogen-bond donors (Lipinski definition) is 1. The summed E-state index contributed by atoms with van der Waals surface area (Å²) in [6, 6.07) is 3.05. The van der Waals surface area contributed by atoms with Crippen LogP contribution in [0.1, 0.15) is 33.7 Å². The van der Waals surface area contributed by atoms with Gasteiger partial charge in [-0.15, -0.1) is 0 Å². The standard InChI is InChI=1S/C11H13N3O2/c12-10(15)9-7-8(3-4-13-9)11(16)14-5-1-2-6-14/h3-4,7H,1-2,5-6H2,(H2,12,15). The topological polar surface area (TPSA) is 76.3 Å². The number of aromatic nitrogens is 1. The molecule has 0 aliphatic carbocycles. The van der Waals surface area contributed by atoms with E-state index in [1.54, 1.807) is 11.0 Å². The average molecular weight is 219 g/mol. The molecule has 0 radical (unpaired) electrons. The molecule has 84 valence electrons. The van der Waals surface area contributed by atoms with Crippen molar-refractivity contribution in [2.24, 2.45) is 5.73 Å². The SMILES string of the molecule is NC(=O)c1cc(C(=O)N2CCCC2)ccn1. The van der Waals surface area contributed by atoms with Crippen molar-refractivity contribution in [3.8, 4) is 0 Å². The van der Waals surface area contributed by atoms with Crippen LogP contribution in [0.3, 0.4) is 0 Å². The number of amides is 2. The highest BCUT2D eigenvalue weighted by molar-refractivity contribution is 5.98. The number of nitrogens with zero attached hydrogens (tertiary/aromatic N) is 2. The lowest BCUT2D eigenvalue weighted by atomic mass is 10.2. The predicted molar refractivity (Wildman–Crippen MR) is 57.9 cm³/mol. The van der Waals surface area contributed by atoms with Crippen molar-refractivity contribution in [2.75, 3.05) is 13.1 Å². The van der Waals surface area contributed by atoms with Crippen LogP contribution in [0.2, 0.25) is 0 Å². The summed E-state index contributed by atoms with van der Waals surface area (Å²) in [5.74, 6) is -0.668. The quantitative estimate of drug-likeness (QED) is 0.783. The molecule has 0 atom stereocenters. The Morgan fingerprint density at radius 2 is 2.00 bits per heavy atom. The van der Waals surface area contributed by atoms with Crippen molar-refractivity contribution in [1.29, 1.82) is 0 Å². The molecule has 5 nitrogen and oxygen atoms in total. The minimum Gasteiger partial charge on any atom is -0.364 e. The third-order valence-corrected chi connectivity index (χ3v) is 2.65. The molecule has 1 fully saturated rings. The van der Waals surface area contributed by atoms with E-state index in [4.69, 9.17) is 5.73 Å². The second kappa shape index (κ2) is 4.30. The van der Waals surface area contributed by atoms with E-state index in [1.807, 2.05) is 0 Å². The van der Waals surface area contributed by atoms with E-state index in [0.29, 0.717) is 5.56 Å². The predicted octanol–water partition coefficient (Wildman–Crippen LogP) is 0.416. The molecule has 1 aromatic rings. The van der Waals surface area contributed by atoms with Gasteiger partial charge in [0.1, 0.15) is 5.69 Å². The summed E-state index contributed by atoms with van der Waals surface area (Å²) >= 11 is 0. The highest BCUT2D eigenvalue weighted by Crippen LogP contribution is 2.12. The monoisotopic (exact) mass is 219 g/mol. The number of carbonyl (C=O) groups is 2. The number of pyridine rings is 1. The zero-order chi connectivity index (χ0) is 11.5. The largest absolute Gasteiger partial charge is 0.364 e. The Kier molecular flexibility index (Phi) is 2.85. The van der Waals surface area contributed by atoms with Crippen LogP contribution in [-0.4, -0.2) is 34.8 Å². The van der Waals surface area contributed by atoms with Crippen LogP contribution in [0.5, 0.6) is 0 Å². The number of hydrogen-bond acceptors (Lipinski definition) is 3. The lowest BCUT2D eigenvalue weighted by Crippen LogP contribution is -2.28. The zero-order valence-electron chi connectivity index (χ0n) is 8.85. The lowest BCUT2D eigenvalue weighted by molar-refractivity contribution is 0.0792. The van der Waals surface area contributed by atoms with Crippen LogP contribution in [0.25, 0.3) is 0 Å². The molecule has 1 aromatic heterocycles. The molecule has 1 aliphatic heterocycles. The normalized spacial score (nSPS) is 15.1. The molecule has 1 saturated heterocycles. The van der Waals surface area contributed by atoms with Gasteiger partial charge in [-0.1, -0.05) is 0 Å². The summed E-state index contributed by atoms with van der Waals surface area (Å²) in [7, 11) is 0. The first-order chi connectivity index (χ1) is 7.68. The van der Waals surface area contributed by atoms with Crippen LogP contribution in [0.15, 0.2) is 18.3 Å². The number of likely N-dealkylation sites (tertiary alicyclic amines) is 1. The minimum atomic E-state index is -0.615. The minimum absolute atomic E-state index is 0.0533. The van der Waals surface area contributed by atoms with Gasteiger partial charge in [0.15, 0.2) is 0 Å². The molecule has 0 saturated carbocycles. The maximum atomic E-state index is 12.0. The molecule has 5 heteroatoms. The zero-order valence-corrected chi connectivity index (χ0v) is 8.85. The number of carbonyl (C=O) groups excluding carboxylic acids is 2. The summed E-state index contributed by atoms with van der Waals surface area (Å²) in [6.45, 7) is 1.57. The van der Waals surface area contributed by atoms with Crippen molar-refractivity contribution in [2.45, 2.75) is 12.8 Å². The molecule has 0 unspecified atom stereocenters. The smallest absolute Gasteiger partial charge is 0.267 e. The molecule has 0 aromatic carbocycles. The van der Waals surface area contributed by atoms with Crippen molar-refractivity contribution in [3.63, 3.8) is 0 Å². The average Bonchev–Trinajstić information content (AvgIpc) is 2.81. The van der Waals surface area contributed by atoms with Gasteiger partial charge >= 0.3 is 0 Å². The van der Waals surface area contributed by atoms with Crippen LogP contribution in [-0.2, 0) is 0 Å². The van der Waals surface area contributed by atoms with Crippen molar-refractivity contribution in [1.82, 2.24) is 9.88 Å². The lowest BCUT2D eigenvalue weighted by Gasteiger charge is -2.15. The molecule has 16 heavy (non-hydrogen) atoms. The van der Waals surface area contributed by atoms with Crippen LogP contribution < -0.4 is 5.73 Å². The summed E-state index contributed by atoms with van der Waals surface area (Å²) in [5.41, 5.74) is 5.72. The Morgan fingerprint density at radius 1 is 1.31 bits per heavy atom. The first-order valence-electron chi connectivity index (χ1n) is 5.23. The highest BCUT2D eigenvalue weighted by atomic mass is 16.2. The second-order valence-corrected chi connectivity index (χ2v) is 3.79. The van der Waals surface area contributed by atoms with E-state index in [0.717, 1.165) is 25.9 Å². The summed E-state index contributed by atoms with van der Waals surface area (Å²) < 4.78 is 0. The van der Waals surface area contributed by atoms with Crippen molar-refractivity contribution in [3.05, 3.63) is 29.6 Å². The van der Waals surface area contributed by atoms with Gasteiger partial charge in [-0.05, 0) is 25.0 Å². The molecule has 2 rings (SSSR count). The molecule has 2 amide bonds. The summed E-state index contributed by atoms with van der Waals surface area (Å²) in [4.78, 5) is 28.5. The third-order valence-electron chi connectivity index (χ3n) is 2.65. The summed E-state index contributed by atoms with van der Waals surface area (Å²) in [6.07, 6.45) is 3.52. The van der Waals surface area contributed by atoms with E-state index >= 15 is 0 Å². The van der Waals surface area contributed by atoms with Gasteiger partial charge in [-0.3, -0.25) is 14.6 Å². The second-order valence-electron chi connectivity index (χ2n) is 3.79. The first kappa shape index (κ1) is 10.6. The van der Waals surface area contributed by atoms with E-state index in [9.17, 15) is 9.59 Å². The fourth-order valence-electron chi connectivity index (χ4n) is 1.80. The number of rotatable bonds is 2. The van der Waals surface area contributed by atoms with Gasteiger partial charge in [0.05, 0.1) is 0 Å². The van der Waals surface area contributed by atoms with Gasteiger partial charge in [-0.25, -0.2) is 0 Å². The van der Waals surface area contributed by atoms with E-state index < -0.39 is 5.91 Å². The highest BCUT2D eigenvalue weighted by Gasteiger charge is 2.20. The van der Waals surface area contributed by atoms with Gasteiger partial charge in [0.25, 0.3) is 11.8 Å². The van der Waals surface area contributed by atoms with Gasteiger partial charge < -0.3 is 10.6 Å². The number of primary amides is 1. The Labute approximate surface area is 93.3 Å². The maximum Gasteiger partial charge on any atom is 0.267 e. The molecule has 2 heterocycles. The molecule has 0 bridgehead atoms. The van der Waals surface area contributed by atoms with Crippen molar-refractivity contribution >= 4 is 11.8 Å². The molecular formula is C11H13N3O2. The molecule has 1 aliphatic rings. The van der Waals surface area contributed by atoms with E-state index in [2.05, 4.69) is 4.98 Å². The van der Waals surface area contributed by atoms with Gasteiger partial charge in [0, 0.05) is 24.8 Å². The number of nitrogens with two attached hydrogens (primary N) is 1. The fourth-order valence-corrected chi connectivity index (χ4v) is 1.80. The Morgan fingerprint density at radius 3 is 2.62 bits per heavy atom. The molecule has 0 spiro atoms. The Bertz CT molecular complexity index is 425. The van der Waals surface area contributed by atoms with Gasteiger partial charge in [0.2, 0.25) is 0 Å². The fraction of sp³-hybridized carbons (Fsp3) is 0.364. The first-order valence-corrected chi connectivity index (χ1v) is 5.23. The Balaban J connectivity index is 2.22. The summed E-state index contributed by atoms with van der Waals surface area (Å²) in [5, 5.41) is 0. The third kappa shape index (κ3) is 2.03. The molecular weight excluding hydrogens is 206 g/mol. The van der Waals surface area contributed by atoms with Crippen molar-refractivity contribution < 1.29 is 9.59 Å².